The van der Waals surface area contributed by atoms with E-state index in [2.05, 4.69) is 109 Å². The summed E-state index contributed by atoms with van der Waals surface area (Å²) in [4.78, 5) is 48.6. The van der Waals surface area contributed by atoms with Crippen LogP contribution < -0.4 is 31.5 Å². The van der Waals surface area contributed by atoms with Crippen molar-refractivity contribution in [3.8, 4) is 22.3 Å². The summed E-state index contributed by atoms with van der Waals surface area (Å²) in [7, 11) is 4.65. The number of carboxylic acids is 2. The van der Waals surface area contributed by atoms with Crippen LogP contribution in [0.3, 0.4) is 0 Å². The first-order valence-electron chi connectivity index (χ1n) is 32.1. The molecule has 94 heavy (non-hydrogen) atoms. The van der Waals surface area contributed by atoms with Crippen LogP contribution in [0.4, 0.5) is 35.1 Å². The van der Waals surface area contributed by atoms with E-state index in [4.69, 9.17) is 19.8 Å². The minimum Gasteiger partial charge on any atom is -0.542 e. The Hall–Kier alpha value is -7.60. The quantitative estimate of drug-likeness (QED) is 0.0541. The van der Waals surface area contributed by atoms with Gasteiger partial charge in [0.1, 0.15) is 36.7 Å². The molecule has 4 aliphatic rings. The second kappa shape index (κ2) is 33.7. The van der Waals surface area contributed by atoms with Crippen LogP contribution in [0.15, 0.2) is 133 Å². The van der Waals surface area contributed by atoms with E-state index in [1.165, 1.54) is 86.2 Å². The Balaban J connectivity index is 0.000000221. The van der Waals surface area contributed by atoms with Gasteiger partial charge in [-0.05, 0) is 145 Å². The Morgan fingerprint density at radius 3 is 1.17 bits per heavy atom. The van der Waals surface area contributed by atoms with Crippen molar-refractivity contribution in [3.63, 3.8) is 0 Å². The molecule has 0 aromatic heterocycles. The number of amides is 2. The Labute approximate surface area is 546 Å². The molecule has 508 valence electrons. The first-order chi connectivity index (χ1) is 44.4. The predicted molar refractivity (Wildman–Crippen MR) is 343 cm³/mol. The fraction of sp³-hybridized carbons (Fsp3) is 0.444. The summed E-state index contributed by atoms with van der Waals surface area (Å²) in [6.07, 6.45) is -5.35. The lowest BCUT2D eigenvalue weighted by molar-refractivity contribution is -0.928. The van der Waals surface area contributed by atoms with E-state index < -0.39 is 24.3 Å². The van der Waals surface area contributed by atoms with Gasteiger partial charge in [-0.1, -0.05) is 86.6 Å². The first kappa shape index (κ1) is 73.8. The standard InChI is InChI=1S/2C34H43FN4O.2C2HF3O2/c2*1-25-12-16-39(3,17-13-25)24-29-7-5-9-31(19-29)34(40)37-21-27-10-11-33(35)32(20-27)30-8-4-6-28(18-30)23-38-15-14-36-26(2)22-38;2*3-2(4,5)1(6)7/h2*4-11,18-20,25-26,36H,12-17,21-24H2,1-3H3;2*(H,6,7)/t2*25?,26-,39?;;/m00../s1. The zero-order valence-electron chi connectivity index (χ0n) is 54.4. The van der Waals surface area contributed by atoms with Gasteiger partial charge in [0, 0.05) is 111 Å². The van der Waals surface area contributed by atoms with Gasteiger partial charge in [-0.15, -0.1) is 0 Å². The highest BCUT2D eigenvalue weighted by molar-refractivity contribution is 5.95. The molecule has 0 saturated carbocycles. The monoisotopic (exact) mass is 1310 g/mol. The number of nitrogens with zero attached hydrogens (tertiary/aromatic N) is 4. The van der Waals surface area contributed by atoms with Gasteiger partial charge in [-0.3, -0.25) is 19.4 Å². The molecule has 0 spiro atoms. The van der Waals surface area contributed by atoms with Gasteiger partial charge in [-0.2, -0.15) is 26.3 Å². The van der Waals surface area contributed by atoms with Crippen molar-refractivity contribution in [3.05, 3.63) is 190 Å². The number of carbonyl (C=O) groups is 4. The van der Waals surface area contributed by atoms with Crippen LogP contribution in [0, 0.1) is 23.5 Å². The third-order valence-electron chi connectivity index (χ3n) is 17.8. The van der Waals surface area contributed by atoms with Crippen molar-refractivity contribution >= 4 is 23.8 Å². The zero-order chi connectivity index (χ0) is 68.4. The summed E-state index contributed by atoms with van der Waals surface area (Å²) < 4.78 is 95.0. The van der Waals surface area contributed by atoms with Crippen LogP contribution in [0.5, 0.6) is 0 Å². The van der Waals surface area contributed by atoms with Gasteiger partial charge in [0.15, 0.2) is 0 Å². The largest absolute Gasteiger partial charge is 0.542 e. The summed E-state index contributed by atoms with van der Waals surface area (Å²) in [5.74, 6) is -5.11. The number of carbonyl (C=O) groups excluding carboxylic acids is 4. The van der Waals surface area contributed by atoms with Crippen molar-refractivity contribution in [2.75, 3.05) is 79.5 Å². The predicted octanol–water partition coefficient (Wildman–Crippen LogP) is 9.78. The molecule has 2 atom stereocenters. The number of aliphatic carboxylic acids is 2. The normalized spacial score (nSPS) is 21.8. The van der Waals surface area contributed by atoms with Crippen molar-refractivity contribution in [2.45, 2.75) is 117 Å². The third kappa shape index (κ3) is 23.4. The number of piperazine rings is 2. The van der Waals surface area contributed by atoms with Crippen molar-refractivity contribution in [1.82, 2.24) is 31.1 Å². The number of quaternary nitrogens is 2. The summed E-state index contributed by atoms with van der Waals surface area (Å²) in [5, 5.41) is 30.6. The van der Waals surface area contributed by atoms with Gasteiger partial charge in [0.2, 0.25) is 0 Å². The van der Waals surface area contributed by atoms with E-state index in [1.54, 1.807) is 12.1 Å². The molecule has 0 radical (unpaired) electrons. The minimum atomic E-state index is -5.19. The third-order valence-corrected chi connectivity index (χ3v) is 17.8. The number of benzene rings is 6. The van der Waals surface area contributed by atoms with Crippen molar-refractivity contribution in [2.24, 2.45) is 11.8 Å². The van der Waals surface area contributed by atoms with E-state index in [-0.39, 0.29) is 23.4 Å². The fourth-order valence-corrected chi connectivity index (χ4v) is 12.3. The van der Waals surface area contributed by atoms with Crippen molar-refractivity contribution < 1.29 is 73.5 Å². The molecule has 10 rings (SSSR count). The van der Waals surface area contributed by atoms with E-state index in [0.717, 1.165) is 109 Å². The minimum absolute atomic E-state index is 0.102. The SMILES string of the molecule is CC1CC[N+](C)(Cc2cccc(C(=O)NCc3ccc(F)c(-c4cccc(CN5CCN[C@@H](C)C5)c4)c3)c2)CC1.CC1CC[N+](C)(Cc2cccc(C(=O)NCc3ccc(F)c(-c4cccc(CN5CCN[C@@H](C)C5)c4)c3)c2)CC1.O=C([O-])C(F)(F)F.O=C([O-])C(F)(F)F. The fourth-order valence-electron chi connectivity index (χ4n) is 12.3. The molecule has 6 aromatic carbocycles. The van der Waals surface area contributed by atoms with Crippen LogP contribution in [0.1, 0.15) is 107 Å². The molecule has 0 bridgehead atoms. The number of nitrogens with one attached hydrogen (secondary N) is 4. The summed E-state index contributed by atoms with van der Waals surface area (Å²) >= 11 is 0. The van der Waals surface area contributed by atoms with Crippen LogP contribution in [0.2, 0.25) is 0 Å². The van der Waals surface area contributed by atoms with Crippen LogP contribution in [-0.4, -0.2) is 146 Å². The van der Waals surface area contributed by atoms with E-state index >= 15 is 0 Å². The topological polar surface area (TPSA) is 169 Å². The molecule has 4 fully saturated rings. The average Bonchev–Trinajstić information content (AvgIpc) is 0.878. The Morgan fingerprint density at radius 2 is 0.830 bits per heavy atom. The van der Waals surface area contributed by atoms with E-state index in [1.807, 2.05) is 72.8 Å². The number of rotatable bonds is 16. The van der Waals surface area contributed by atoms with Crippen molar-refractivity contribution in [1.29, 1.82) is 0 Å². The molecular formula is C72H88F8N8O6. The molecule has 4 heterocycles. The number of alkyl halides is 6. The van der Waals surface area contributed by atoms with Crippen LogP contribution >= 0.6 is 0 Å². The van der Waals surface area contributed by atoms with Gasteiger partial charge in [0.25, 0.3) is 11.8 Å². The van der Waals surface area contributed by atoms with Gasteiger partial charge in [0.05, 0.1) is 40.3 Å². The molecule has 22 heteroatoms. The highest BCUT2D eigenvalue weighted by atomic mass is 19.4. The van der Waals surface area contributed by atoms with Gasteiger partial charge in [-0.25, -0.2) is 8.78 Å². The Morgan fingerprint density at radius 1 is 0.489 bits per heavy atom. The second-order valence-corrected chi connectivity index (χ2v) is 26.4. The summed E-state index contributed by atoms with van der Waals surface area (Å²) in [5.41, 5.74) is 10.7. The number of piperidine rings is 2. The maximum Gasteiger partial charge on any atom is 0.430 e. The second-order valence-electron chi connectivity index (χ2n) is 26.4. The van der Waals surface area contributed by atoms with E-state index in [9.17, 15) is 44.7 Å². The van der Waals surface area contributed by atoms with Crippen LogP contribution in [0.25, 0.3) is 22.3 Å². The number of hydrogen-bond acceptors (Lipinski definition) is 10. The Kier molecular flexibility index (Phi) is 26.4. The van der Waals surface area contributed by atoms with Gasteiger partial charge >= 0.3 is 12.4 Å². The number of hydrogen-bond donors (Lipinski definition) is 4. The molecule has 2 amide bonds. The lowest BCUT2D eigenvalue weighted by Gasteiger charge is -2.40. The zero-order valence-corrected chi connectivity index (χ0v) is 54.4. The molecule has 4 aliphatic heterocycles. The number of likely N-dealkylation sites (tertiary alicyclic amines) is 2. The average molecular weight is 1310 g/mol. The molecule has 0 unspecified atom stereocenters. The lowest BCUT2D eigenvalue weighted by Crippen LogP contribution is -2.48. The first-order valence-corrected chi connectivity index (χ1v) is 32.1. The molecule has 14 nitrogen and oxygen atoms in total. The highest BCUT2D eigenvalue weighted by Gasteiger charge is 2.32. The molecule has 4 N–H and O–H groups in total. The number of halogens is 8. The summed E-state index contributed by atoms with van der Waals surface area (Å²) in [6.45, 7) is 24.1. The maximum atomic E-state index is 14.9. The van der Waals surface area contributed by atoms with Gasteiger partial charge < -0.3 is 50.0 Å². The maximum absolute atomic E-state index is 14.9. The van der Waals surface area contributed by atoms with E-state index in [0.29, 0.717) is 47.4 Å². The highest BCUT2D eigenvalue weighted by Crippen LogP contribution is 2.30. The molecule has 4 saturated heterocycles. The number of carboxylic acid groups (broad SMARTS) is 2. The lowest BCUT2D eigenvalue weighted by atomic mass is 9.96. The molecular weight excluding hydrogens is 1220 g/mol. The molecule has 0 aliphatic carbocycles. The Bertz CT molecular complexity index is 3270. The van der Waals surface area contributed by atoms with Crippen LogP contribution in [-0.2, 0) is 48.9 Å². The molecule has 6 aromatic rings. The summed E-state index contributed by atoms with van der Waals surface area (Å²) in [6, 6.07) is 43.5. The smallest absolute Gasteiger partial charge is 0.430 e.